The Morgan fingerprint density at radius 1 is 1.44 bits per heavy atom. The van der Waals surface area contributed by atoms with Crippen LogP contribution < -0.4 is 5.73 Å². The van der Waals surface area contributed by atoms with Crippen LogP contribution in [0, 0.1) is 12.7 Å². The van der Waals surface area contributed by atoms with Gasteiger partial charge in [-0.15, -0.1) is 0 Å². The van der Waals surface area contributed by atoms with Gasteiger partial charge in [-0.1, -0.05) is 15.9 Å². The summed E-state index contributed by atoms with van der Waals surface area (Å²) in [6, 6.07) is 5.15. The standard InChI is InChI=1S/C11H11BrFN3/c1-6-8(12)4-3-7(11(6)13)9-5-10(14)16(2)15-9/h3-5H,14H2,1-2H3. The van der Waals surface area contributed by atoms with E-state index in [9.17, 15) is 4.39 Å². The molecule has 0 bridgehead atoms. The molecule has 0 aliphatic carbocycles. The Morgan fingerprint density at radius 2 is 2.12 bits per heavy atom. The highest BCUT2D eigenvalue weighted by Gasteiger charge is 2.13. The molecule has 0 amide bonds. The first-order valence-corrected chi connectivity index (χ1v) is 5.54. The van der Waals surface area contributed by atoms with Crippen LogP contribution in [0.4, 0.5) is 10.2 Å². The van der Waals surface area contributed by atoms with Crippen molar-refractivity contribution in [2.24, 2.45) is 7.05 Å². The van der Waals surface area contributed by atoms with E-state index in [0.29, 0.717) is 22.6 Å². The predicted molar refractivity (Wildman–Crippen MR) is 65.5 cm³/mol. The van der Waals surface area contributed by atoms with Crippen LogP contribution in [0.2, 0.25) is 0 Å². The van der Waals surface area contributed by atoms with Crippen molar-refractivity contribution in [3.05, 3.63) is 34.1 Å². The van der Waals surface area contributed by atoms with Crippen molar-refractivity contribution in [3.8, 4) is 11.3 Å². The minimum absolute atomic E-state index is 0.271. The van der Waals surface area contributed by atoms with Gasteiger partial charge in [0.05, 0.1) is 5.69 Å². The third-order valence-corrected chi connectivity index (χ3v) is 3.37. The lowest BCUT2D eigenvalue weighted by Gasteiger charge is -2.04. The lowest BCUT2D eigenvalue weighted by molar-refractivity contribution is 0.619. The summed E-state index contributed by atoms with van der Waals surface area (Å²) in [6.45, 7) is 1.72. The molecule has 0 atom stereocenters. The molecule has 0 saturated carbocycles. The molecular weight excluding hydrogens is 273 g/mol. The molecule has 2 N–H and O–H groups in total. The van der Waals surface area contributed by atoms with Crippen LogP contribution in [0.5, 0.6) is 0 Å². The second kappa shape index (κ2) is 3.90. The molecule has 0 unspecified atom stereocenters. The summed E-state index contributed by atoms with van der Waals surface area (Å²) in [5.41, 5.74) is 7.25. The topological polar surface area (TPSA) is 43.8 Å². The van der Waals surface area contributed by atoms with Crippen LogP contribution in [0.1, 0.15) is 5.56 Å². The molecule has 5 heteroatoms. The van der Waals surface area contributed by atoms with E-state index in [0.717, 1.165) is 4.47 Å². The van der Waals surface area contributed by atoms with E-state index in [4.69, 9.17) is 5.73 Å². The fourth-order valence-electron chi connectivity index (χ4n) is 1.47. The molecule has 0 spiro atoms. The van der Waals surface area contributed by atoms with Gasteiger partial charge in [0.1, 0.15) is 11.6 Å². The normalized spacial score (nSPS) is 10.8. The summed E-state index contributed by atoms with van der Waals surface area (Å²) in [5, 5.41) is 4.15. The van der Waals surface area contributed by atoms with Gasteiger partial charge >= 0.3 is 0 Å². The first-order chi connectivity index (χ1) is 7.50. The SMILES string of the molecule is Cc1c(Br)ccc(-c2cc(N)n(C)n2)c1F. The highest BCUT2D eigenvalue weighted by atomic mass is 79.9. The van der Waals surface area contributed by atoms with Gasteiger partial charge in [0.15, 0.2) is 0 Å². The smallest absolute Gasteiger partial charge is 0.136 e. The zero-order chi connectivity index (χ0) is 11.9. The minimum Gasteiger partial charge on any atom is -0.384 e. The first kappa shape index (κ1) is 11.1. The summed E-state index contributed by atoms with van der Waals surface area (Å²) >= 11 is 3.28. The summed E-state index contributed by atoms with van der Waals surface area (Å²) in [7, 11) is 1.72. The van der Waals surface area contributed by atoms with Crippen LogP contribution in [0.25, 0.3) is 11.3 Å². The number of nitrogens with two attached hydrogens (primary N) is 1. The predicted octanol–water partition coefficient (Wildman–Crippen LogP) is 2.88. The van der Waals surface area contributed by atoms with E-state index >= 15 is 0 Å². The van der Waals surface area contributed by atoms with Crippen molar-refractivity contribution < 1.29 is 4.39 Å². The van der Waals surface area contributed by atoms with Gasteiger partial charge in [-0.25, -0.2) is 4.39 Å². The second-order valence-electron chi connectivity index (χ2n) is 3.61. The lowest BCUT2D eigenvalue weighted by atomic mass is 10.1. The van der Waals surface area contributed by atoms with E-state index in [2.05, 4.69) is 21.0 Å². The number of hydrogen-bond donors (Lipinski definition) is 1. The Kier molecular flexibility index (Phi) is 2.71. The molecule has 2 aromatic rings. The van der Waals surface area contributed by atoms with E-state index in [-0.39, 0.29) is 5.82 Å². The first-order valence-electron chi connectivity index (χ1n) is 4.75. The van der Waals surface area contributed by atoms with Gasteiger partial charge in [0.2, 0.25) is 0 Å². The maximum atomic E-state index is 14.0. The minimum atomic E-state index is -0.271. The number of nitrogen functional groups attached to an aromatic ring is 1. The molecule has 1 heterocycles. The molecule has 3 nitrogen and oxygen atoms in total. The molecule has 16 heavy (non-hydrogen) atoms. The Bertz CT molecular complexity index is 529. The van der Waals surface area contributed by atoms with E-state index in [1.54, 1.807) is 32.2 Å². The van der Waals surface area contributed by atoms with Crippen molar-refractivity contribution >= 4 is 21.7 Å². The molecule has 0 aliphatic rings. The zero-order valence-corrected chi connectivity index (χ0v) is 10.5. The summed E-state index contributed by atoms with van der Waals surface area (Å²) in [4.78, 5) is 0. The summed E-state index contributed by atoms with van der Waals surface area (Å²) in [6.07, 6.45) is 0. The molecule has 1 aromatic heterocycles. The van der Waals surface area contributed by atoms with Gasteiger partial charge in [-0.05, 0) is 24.6 Å². The van der Waals surface area contributed by atoms with E-state index in [1.807, 2.05) is 0 Å². The van der Waals surface area contributed by atoms with E-state index < -0.39 is 0 Å². The van der Waals surface area contributed by atoms with Crippen molar-refractivity contribution in [1.82, 2.24) is 9.78 Å². The number of nitrogens with zero attached hydrogens (tertiary/aromatic N) is 2. The average molecular weight is 284 g/mol. The van der Waals surface area contributed by atoms with Crippen LogP contribution in [-0.4, -0.2) is 9.78 Å². The molecule has 0 saturated heterocycles. The third kappa shape index (κ3) is 1.71. The Labute approximate surface area is 101 Å². The highest BCUT2D eigenvalue weighted by Crippen LogP contribution is 2.29. The van der Waals surface area contributed by atoms with Crippen LogP contribution in [-0.2, 0) is 7.05 Å². The largest absolute Gasteiger partial charge is 0.384 e. The van der Waals surface area contributed by atoms with Crippen LogP contribution >= 0.6 is 15.9 Å². The van der Waals surface area contributed by atoms with Crippen LogP contribution in [0.15, 0.2) is 22.7 Å². The summed E-state index contributed by atoms with van der Waals surface area (Å²) in [5.74, 6) is 0.238. The monoisotopic (exact) mass is 283 g/mol. The van der Waals surface area contributed by atoms with Gasteiger partial charge in [0, 0.05) is 23.2 Å². The number of anilines is 1. The Balaban J connectivity index is 2.61. The molecular formula is C11H11BrFN3. The zero-order valence-electron chi connectivity index (χ0n) is 8.96. The van der Waals surface area contributed by atoms with Crippen molar-refractivity contribution in [2.75, 3.05) is 5.73 Å². The number of aromatic nitrogens is 2. The van der Waals surface area contributed by atoms with E-state index in [1.165, 1.54) is 4.68 Å². The second-order valence-corrected chi connectivity index (χ2v) is 4.47. The summed E-state index contributed by atoms with van der Waals surface area (Å²) < 4.78 is 16.2. The highest BCUT2D eigenvalue weighted by molar-refractivity contribution is 9.10. The maximum absolute atomic E-state index is 14.0. The Morgan fingerprint density at radius 3 is 2.69 bits per heavy atom. The number of hydrogen-bond acceptors (Lipinski definition) is 2. The van der Waals surface area contributed by atoms with Gasteiger partial charge in [-0.2, -0.15) is 5.10 Å². The van der Waals surface area contributed by atoms with Gasteiger partial charge in [-0.3, -0.25) is 4.68 Å². The number of halogens is 2. The fraction of sp³-hybridized carbons (Fsp3) is 0.182. The quantitative estimate of drug-likeness (QED) is 0.875. The number of benzene rings is 1. The molecule has 0 aliphatic heterocycles. The number of rotatable bonds is 1. The van der Waals surface area contributed by atoms with Crippen molar-refractivity contribution in [2.45, 2.75) is 6.92 Å². The fourth-order valence-corrected chi connectivity index (χ4v) is 1.78. The number of aryl methyl sites for hydroxylation is 1. The maximum Gasteiger partial charge on any atom is 0.136 e. The molecule has 0 radical (unpaired) electrons. The molecule has 1 aromatic carbocycles. The molecule has 2 rings (SSSR count). The Hall–Kier alpha value is -1.36. The molecule has 84 valence electrons. The molecule has 0 fully saturated rings. The van der Waals surface area contributed by atoms with Crippen molar-refractivity contribution in [3.63, 3.8) is 0 Å². The van der Waals surface area contributed by atoms with Crippen LogP contribution in [0.3, 0.4) is 0 Å². The third-order valence-electron chi connectivity index (χ3n) is 2.51. The lowest BCUT2D eigenvalue weighted by Crippen LogP contribution is -1.97. The van der Waals surface area contributed by atoms with Crippen molar-refractivity contribution in [1.29, 1.82) is 0 Å². The average Bonchev–Trinajstić information content (AvgIpc) is 2.56. The van der Waals surface area contributed by atoms with Gasteiger partial charge in [0.25, 0.3) is 0 Å². The van der Waals surface area contributed by atoms with Gasteiger partial charge < -0.3 is 5.73 Å².